The van der Waals surface area contributed by atoms with Gasteiger partial charge in [-0.25, -0.2) is 4.98 Å². The fourth-order valence-corrected chi connectivity index (χ4v) is 4.14. The molecule has 33 heavy (non-hydrogen) atoms. The molecule has 0 spiro atoms. The number of amides is 1. The predicted molar refractivity (Wildman–Crippen MR) is 128 cm³/mol. The van der Waals surface area contributed by atoms with Crippen molar-refractivity contribution in [2.24, 2.45) is 0 Å². The van der Waals surface area contributed by atoms with Crippen molar-refractivity contribution >= 4 is 51.5 Å². The molecule has 1 aromatic carbocycles. The van der Waals surface area contributed by atoms with Gasteiger partial charge < -0.3 is 9.80 Å². The van der Waals surface area contributed by atoms with E-state index in [0.29, 0.717) is 59.2 Å². The van der Waals surface area contributed by atoms with Crippen molar-refractivity contribution in [2.75, 3.05) is 31.1 Å². The van der Waals surface area contributed by atoms with Gasteiger partial charge in [0, 0.05) is 57.1 Å². The van der Waals surface area contributed by atoms with Crippen molar-refractivity contribution in [3.8, 4) is 0 Å². The Morgan fingerprint density at radius 2 is 1.79 bits per heavy atom. The van der Waals surface area contributed by atoms with Crippen molar-refractivity contribution in [3.05, 3.63) is 62.9 Å². The molecule has 172 valence electrons. The number of aryl methyl sites for hydroxylation is 1. The molecule has 1 aliphatic rings. The molecule has 0 saturated carbocycles. The first-order valence-electron chi connectivity index (χ1n) is 10.6. The minimum absolute atomic E-state index is 0.0649. The van der Waals surface area contributed by atoms with Crippen LogP contribution in [0.4, 0.5) is 5.69 Å². The summed E-state index contributed by atoms with van der Waals surface area (Å²) >= 11 is 11.9. The molecule has 0 radical (unpaired) electrons. The van der Waals surface area contributed by atoms with E-state index in [0.717, 1.165) is 5.69 Å². The van der Waals surface area contributed by atoms with Crippen LogP contribution in [-0.2, 0) is 22.6 Å². The van der Waals surface area contributed by atoms with Crippen molar-refractivity contribution in [2.45, 2.75) is 26.3 Å². The van der Waals surface area contributed by atoms with Gasteiger partial charge in [0.2, 0.25) is 5.91 Å². The lowest BCUT2D eigenvalue weighted by atomic mass is 10.1. The third-order valence-electron chi connectivity index (χ3n) is 5.77. The minimum Gasteiger partial charge on any atom is -0.368 e. The molecule has 8 nitrogen and oxygen atoms in total. The summed E-state index contributed by atoms with van der Waals surface area (Å²) < 4.78 is 1.34. The first-order valence-corrected chi connectivity index (χ1v) is 11.4. The molecule has 1 saturated heterocycles. The molecule has 0 bridgehead atoms. The summed E-state index contributed by atoms with van der Waals surface area (Å²) in [6, 6.07) is 7.19. The number of ketones is 1. The Bertz CT molecular complexity index is 1270. The van der Waals surface area contributed by atoms with Crippen molar-refractivity contribution in [1.29, 1.82) is 0 Å². The van der Waals surface area contributed by atoms with E-state index < -0.39 is 0 Å². The van der Waals surface area contributed by atoms with E-state index in [2.05, 4.69) is 14.9 Å². The average Bonchev–Trinajstić information content (AvgIpc) is 2.81. The number of nitrogens with zero attached hydrogens (tertiary/aromatic N) is 5. The van der Waals surface area contributed by atoms with Crippen molar-refractivity contribution in [1.82, 2.24) is 19.4 Å². The first-order chi connectivity index (χ1) is 15.8. The van der Waals surface area contributed by atoms with Crippen LogP contribution < -0.4 is 10.5 Å². The van der Waals surface area contributed by atoms with E-state index in [1.165, 1.54) is 17.1 Å². The third kappa shape index (κ3) is 5.34. The number of anilines is 1. The number of pyridine rings is 1. The number of rotatable bonds is 6. The largest absolute Gasteiger partial charge is 0.368 e. The smallest absolute Gasteiger partial charge is 0.261 e. The van der Waals surface area contributed by atoms with Crippen LogP contribution >= 0.6 is 23.2 Å². The molecule has 0 unspecified atom stereocenters. The number of carbonyl (C=O) groups excluding carboxylic acids is 2. The van der Waals surface area contributed by atoms with Gasteiger partial charge in [0.1, 0.15) is 0 Å². The number of aromatic nitrogens is 3. The fourth-order valence-electron chi connectivity index (χ4n) is 3.86. The SMILES string of the molecule is CC(=O)N1CCN(c2ccc3ncn(CC(=O)CCc4cc(Cl)c(Cl)cn4)c(=O)c3c2)CC1. The van der Waals surface area contributed by atoms with E-state index >= 15 is 0 Å². The number of hydrogen-bond acceptors (Lipinski definition) is 6. The average molecular weight is 488 g/mol. The van der Waals surface area contributed by atoms with Gasteiger partial charge in [-0.15, -0.1) is 0 Å². The molecule has 1 amide bonds. The lowest BCUT2D eigenvalue weighted by Crippen LogP contribution is -2.48. The van der Waals surface area contributed by atoms with Crippen LogP contribution in [0, 0.1) is 0 Å². The topological polar surface area (TPSA) is 88.4 Å². The Morgan fingerprint density at radius 1 is 1.03 bits per heavy atom. The van der Waals surface area contributed by atoms with Crippen LogP contribution in [0.5, 0.6) is 0 Å². The fraction of sp³-hybridized carbons (Fsp3) is 0.348. The van der Waals surface area contributed by atoms with Gasteiger partial charge in [0.15, 0.2) is 5.78 Å². The van der Waals surface area contributed by atoms with Crippen molar-refractivity contribution < 1.29 is 9.59 Å². The summed E-state index contributed by atoms with van der Waals surface area (Å²) in [6.07, 6.45) is 3.49. The van der Waals surface area contributed by atoms with E-state index in [1.807, 2.05) is 23.1 Å². The molecule has 3 aromatic rings. The molecule has 0 N–H and O–H groups in total. The van der Waals surface area contributed by atoms with Crippen LogP contribution in [0.15, 0.2) is 41.6 Å². The number of benzene rings is 1. The quantitative estimate of drug-likeness (QED) is 0.530. The molecule has 0 aliphatic carbocycles. The second-order valence-electron chi connectivity index (χ2n) is 8.00. The predicted octanol–water partition coefficient (Wildman–Crippen LogP) is 2.97. The summed E-state index contributed by atoms with van der Waals surface area (Å²) in [5.74, 6) is -0.0394. The Balaban J connectivity index is 1.46. The number of Topliss-reactive ketones (excluding diaryl/α,β-unsaturated/α-hetero) is 1. The van der Waals surface area contributed by atoms with Crippen LogP contribution in [0.1, 0.15) is 19.0 Å². The maximum atomic E-state index is 13.1. The van der Waals surface area contributed by atoms with Crippen LogP contribution in [0.2, 0.25) is 10.0 Å². The van der Waals surface area contributed by atoms with Gasteiger partial charge in [-0.1, -0.05) is 23.2 Å². The summed E-state index contributed by atoms with van der Waals surface area (Å²) in [6.45, 7) is 4.19. The maximum absolute atomic E-state index is 13.1. The van der Waals surface area contributed by atoms with Gasteiger partial charge in [-0.2, -0.15) is 0 Å². The first kappa shape index (κ1) is 23.2. The molecule has 3 heterocycles. The molecule has 10 heteroatoms. The lowest BCUT2D eigenvalue weighted by molar-refractivity contribution is -0.129. The zero-order chi connectivity index (χ0) is 23.5. The molecular formula is C23H23Cl2N5O3. The third-order valence-corrected chi connectivity index (χ3v) is 6.48. The second-order valence-corrected chi connectivity index (χ2v) is 8.82. The minimum atomic E-state index is -0.259. The van der Waals surface area contributed by atoms with Crippen LogP contribution in [0.3, 0.4) is 0 Å². The van der Waals surface area contributed by atoms with Gasteiger partial charge in [-0.05, 0) is 30.7 Å². The van der Waals surface area contributed by atoms with Crippen molar-refractivity contribution in [3.63, 3.8) is 0 Å². The van der Waals surface area contributed by atoms with Crippen LogP contribution in [0.25, 0.3) is 10.9 Å². The molecule has 1 aliphatic heterocycles. The standard InChI is InChI=1S/C23H23Cl2N5O3/c1-15(31)28-6-8-29(9-7-28)17-3-5-22-19(11-17)23(33)30(14-27-22)13-18(32)4-2-16-10-20(24)21(25)12-26-16/h3,5,10-12,14H,2,4,6-9,13H2,1H3. The highest BCUT2D eigenvalue weighted by molar-refractivity contribution is 6.41. The van der Waals surface area contributed by atoms with E-state index in [-0.39, 0.29) is 30.2 Å². The monoisotopic (exact) mass is 487 g/mol. The molecule has 0 atom stereocenters. The molecule has 4 rings (SSSR count). The van der Waals surface area contributed by atoms with Gasteiger partial charge in [-0.3, -0.25) is 23.9 Å². The number of hydrogen-bond donors (Lipinski definition) is 0. The van der Waals surface area contributed by atoms with Gasteiger partial charge in [0.05, 0.1) is 33.8 Å². The Morgan fingerprint density at radius 3 is 2.48 bits per heavy atom. The highest BCUT2D eigenvalue weighted by Gasteiger charge is 2.19. The zero-order valence-corrected chi connectivity index (χ0v) is 19.6. The maximum Gasteiger partial charge on any atom is 0.261 e. The van der Waals surface area contributed by atoms with E-state index in [1.54, 1.807) is 13.0 Å². The van der Waals surface area contributed by atoms with Gasteiger partial charge in [0.25, 0.3) is 5.56 Å². The number of piperazine rings is 1. The summed E-state index contributed by atoms with van der Waals surface area (Å²) in [5.41, 5.74) is 1.88. The van der Waals surface area contributed by atoms with Gasteiger partial charge >= 0.3 is 0 Å². The molecule has 2 aromatic heterocycles. The number of halogens is 2. The highest BCUT2D eigenvalue weighted by Crippen LogP contribution is 2.22. The normalized spacial score (nSPS) is 14.0. The number of fused-ring (bicyclic) bond motifs is 1. The number of carbonyl (C=O) groups is 2. The van der Waals surface area contributed by atoms with E-state index in [9.17, 15) is 14.4 Å². The second kappa shape index (κ2) is 9.89. The summed E-state index contributed by atoms with van der Waals surface area (Å²) in [7, 11) is 0. The highest BCUT2D eigenvalue weighted by atomic mass is 35.5. The van der Waals surface area contributed by atoms with Crippen LogP contribution in [-0.4, -0.2) is 57.3 Å². The Labute approximate surface area is 200 Å². The van der Waals surface area contributed by atoms with E-state index in [4.69, 9.17) is 23.2 Å². The molecule has 1 fully saturated rings. The lowest BCUT2D eigenvalue weighted by Gasteiger charge is -2.35. The summed E-state index contributed by atoms with van der Waals surface area (Å²) in [5, 5.41) is 1.21. The molecular weight excluding hydrogens is 465 g/mol. The Hall–Kier alpha value is -2.97. The summed E-state index contributed by atoms with van der Waals surface area (Å²) in [4.78, 5) is 49.6. The zero-order valence-electron chi connectivity index (χ0n) is 18.1. The Kier molecular flexibility index (Phi) is 6.95.